The molecule has 4 N–H and O–H groups in total. The van der Waals surface area contributed by atoms with Gasteiger partial charge < -0.3 is 16.4 Å². The van der Waals surface area contributed by atoms with Gasteiger partial charge in [0.15, 0.2) is 0 Å². The molecule has 3 rings (SSSR count). The lowest BCUT2D eigenvalue weighted by Gasteiger charge is -2.11. The number of amides is 1. The van der Waals surface area contributed by atoms with E-state index >= 15 is 0 Å². The quantitative estimate of drug-likeness (QED) is 0.755. The summed E-state index contributed by atoms with van der Waals surface area (Å²) in [5.41, 5.74) is 6.48. The molecular weight excluding hydrogens is 266 g/mol. The molecule has 0 radical (unpaired) electrons. The maximum atomic E-state index is 11.5. The van der Waals surface area contributed by atoms with Crippen LogP contribution in [0, 0.1) is 5.92 Å². The van der Waals surface area contributed by atoms with Gasteiger partial charge in [-0.15, -0.1) is 0 Å². The summed E-state index contributed by atoms with van der Waals surface area (Å²) in [6.45, 7) is 0.862. The predicted molar refractivity (Wildman–Crippen MR) is 81.5 cm³/mol. The number of carbonyl (C=O) groups is 1. The zero-order valence-electron chi connectivity index (χ0n) is 11.5. The van der Waals surface area contributed by atoms with Gasteiger partial charge in [-0.05, 0) is 30.9 Å². The summed E-state index contributed by atoms with van der Waals surface area (Å²) in [4.78, 5) is 20.0. The molecule has 108 valence electrons. The minimum atomic E-state index is -0.554. The number of carbonyl (C=O) groups excluding carboxylic acids is 1. The Labute approximate surface area is 122 Å². The lowest BCUT2D eigenvalue weighted by molar-refractivity contribution is 0.100. The third kappa shape index (κ3) is 3.47. The lowest BCUT2D eigenvalue weighted by atomic mass is 10.2. The fourth-order valence-electron chi connectivity index (χ4n) is 1.96. The SMILES string of the molecule is NC(=O)c1cnc(NCC2CC2)nc1Nc1ccccc1. The van der Waals surface area contributed by atoms with Crippen molar-refractivity contribution >= 4 is 23.4 Å². The standard InChI is InChI=1S/C15H17N5O/c16-13(21)12-9-18-15(17-8-10-6-7-10)20-14(12)19-11-4-2-1-3-5-11/h1-5,9-10H,6-8H2,(H2,16,21)(H2,17,18,19,20). The molecule has 1 saturated carbocycles. The second-order valence-corrected chi connectivity index (χ2v) is 5.14. The average molecular weight is 283 g/mol. The van der Waals surface area contributed by atoms with Crippen molar-refractivity contribution in [1.29, 1.82) is 0 Å². The molecule has 0 saturated heterocycles. The molecule has 1 amide bonds. The monoisotopic (exact) mass is 283 g/mol. The van der Waals surface area contributed by atoms with Gasteiger partial charge in [0.1, 0.15) is 11.4 Å². The molecule has 0 atom stereocenters. The number of primary amides is 1. The van der Waals surface area contributed by atoms with Crippen LogP contribution >= 0.6 is 0 Å². The summed E-state index contributed by atoms with van der Waals surface area (Å²) in [6, 6.07) is 9.51. The summed E-state index contributed by atoms with van der Waals surface area (Å²) in [5, 5.41) is 6.29. The number of hydrogen-bond acceptors (Lipinski definition) is 5. The first-order valence-electron chi connectivity index (χ1n) is 6.95. The number of hydrogen-bond donors (Lipinski definition) is 3. The molecular formula is C15H17N5O. The fraction of sp³-hybridized carbons (Fsp3) is 0.267. The third-order valence-corrected chi connectivity index (χ3v) is 3.34. The maximum Gasteiger partial charge on any atom is 0.254 e. The highest BCUT2D eigenvalue weighted by molar-refractivity contribution is 5.98. The molecule has 1 heterocycles. The Morgan fingerprint density at radius 3 is 2.71 bits per heavy atom. The van der Waals surface area contributed by atoms with E-state index in [1.165, 1.54) is 19.0 Å². The van der Waals surface area contributed by atoms with E-state index < -0.39 is 5.91 Å². The molecule has 2 aromatic rings. The number of para-hydroxylation sites is 1. The normalized spacial score (nSPS) is 13.7. The molecule has 21 heavy (non-hydrogen) atoms. The second kappa shape index (κ2) is 5.78. The van der Waals surface area contributed by atoms with Crippen molar-refractivity contribution in [3.63, 3.8) is 0 Å². The van der Waals surface area contributed by atoms with Crippen molar-refractivity contribution < 1.29 is 4.79 Å². The van der Waals surface area contributed by atoms with Crippen LogP contribution in [-0.2, 0) is 0 Å². The Kier molecular flexibility index (Phi) is 3.68. The molecule has 0 bridgehead atoms. The van der Waals surface area contributed by atoms with Gasteiger partial charge in [0.25, 0.3) is 5.91 Å². The summed E-state index contributed by atoms with van der Waals surface area (Å²) >= 11 is 0. The van der Waals surface area contributed by atoms with E-state index in [0.717, 1.165) is 18.2 Å². The zero-order chi connectivity index (χ0) is 14.7. The molecule has 0 unspecified atom stereocenters. The molecule has 1 aliphatic rings. The summed E-state index contributed by atoms with van der Waals surface area (Å²) in [6.07, 6.45) is 3.96. The van der Waals surface area contributed by atoms with Crippen molar-refractivity contribution in [2.75, 3.05) is 17.2 Å². The van der Waals surface area contributed by atoms with Crippen LogP contribution in [0.4, 0.5) is 17.5 Å². The molecule has 1 aromatic carbocycles. The second-order valence-electron chi connectivity index (χ2n) is 5.14. The molecule has 1 aromatic heterocycles. The Bertz CT molecular complexity index is 640. The van der Waals surface area contributed by atoms with E-state index in [2.05, 4.69) is 20.6 Å². The van der Waals surface area contributed by atoms with Gasteiger partial charge in [-0.2, -0.15) is 4.98 Å². The van der Waals surface area contributed by atoms with Crippen LogP contribution < -0.4 is 16.4 Å². The van der Waals surface area contributed by atoms with Crippen LogP contribution in [0.15, 0.2) is 36.5 Å². The fourth-order valence-corrected chi connectivity index (χ4v) is 1.96. The number of nitrogens with zero attached hydrogens (tertiary/aromatic N) is 2. The number of benzene rings is 1. The van der Waals surface area contributed by atoms with Crippen LogP contribution in [0.25, 0.3) is 0 Å². The van der Waals surface area contributed by atoms with Crippen LogP contribution in [-0.4, -0.2) is 22.4 Å². The Balaban J connectivity index is 1.82. The van der Waals surface area contributed by atoms with Crippen LogP contribution in [0.5, 0.6) is 0 Å². The van der Waals surface area contributed by atoms with Crippen LogP contribution in [0.2, 0.25) is 0 Å². The minimum absolute atomic E-state index is 0.274. The van der Waals surface area contributed by atoms with Gasteiger partial charge >= 0.3 is 0 Å². The summed E-state index contributed by atoms with van der Waals surface area (Å²) < 4.78 is 0. The molecule has 6 nitrogen and oxygen atoms in total. The first-order chi connectivity index (χ1) is 10.2. The van der Waals surface area contributed by atoms with Gasteiger partial charge in [0, 0.05) is 18.4 Å². The summed E-state index contributed by atoms with van der Waals surface area (Å²) in [7, 11) is 0. The molecule has 1 fully saturated rings. The molecule has 1 aliphatic carbocycles. The molecule has 6 heteroatoms. The average Bonchev–Trinajstić information content (AvgIpc) is 3.30. The van der Waals surface area contributed by atoms with Gasteiger partial charge in [0.05, 0.1) is 0 Å². The molecule has 0 spiro atoms. The van der Waals surface area contributed by atoms with Crippen molar-refractivity contribution in [2.45, 2.75) is 12.8 Å². The number of nitrogens with two attached hydrogens (primary N) is 1. The van der Waals surface area contributed by atoms with E-state index in [0.29, 0.717) is 11.8 Å². The van der Waals surface area contributed by atoms with Crippen molar-refractivity contribution in [3.8, 4) is 0 Å². The van der Waals surface area contributed by atoms with Crippen molar-refractivity contribution in [1.82, 2.24) is 9.97 Å². The summed E-state index contributed by atoms with van der Waals surface area (Å²) in [5.74, 6) is 1.09. The first-order valence-corrected chi connectivity index (χ1v) is 6.95. The number of nitrogens with one attached hydrogen (secondary N) is 2. The van der Waals surface area contributed by atoms with Crippen molar-refractivity contribution in [3.05, 3.63) is 42.1 Å². The van der Waals surface area contributed by atoms with E-state index in [-0.39, 0.29) is 5.56 Å². The number of anilines is 3. The number of rotatable bonds is 6. The van der Waals surface area contributed by atoms with Gasteiger partial charge in [0.2, 0.25) is 5.95 Å². The van der Waals surface area contributed by atoms with E-state index in [9.17, 15) is 4.79 Å². The van der Waals surface area contributed by atoms with Crippen molar-refractivity contribution in [2.24, 2.45) is 11.7 Å². The number of aromatic nitrogens is 2. The highest BCUT2D eigenvalue weighted by Crippen LogP contribution is 2.28. The van der Waals surface area contributed by atoms with Gasteiger partial charge in [-0.3, -0.25) is 4.79 Å². The lowest BCUT2D eigenvalue weighted by Crippen LogP contribution is -2.16. The Morgan fingerprint density at radius 1 is 1.29 bits per heavy atom. The smallest absolute Gasteiger partial charge is 0.254 e. The highest BCUT2D eigenvalue weighted by atomic mass is 16.1. The highest BCUT2D eigenvalue weighted by Gasteiger charge is 2.21. The van der Waals surface area contributed by atoms with Crippen LogP contribution in [0.1, 0.15) is 23.2 Å². The zero-order valence-corrected chi connectivity index (χ0v) is 11.5. The largest absolute Gasteiger partial charge is 0.365 e. The van der Waals surface area contributed by atoms with Gasteiger partial charge in [-0.25, -0.2) is 4.98 Å². The third-order valence-electron chi connectivity index (χ3n) is 3.34. The van der Waals surface area contributed by atoms with E-state index in [4.69, 9.17) is 5.73 Å². The van der Waals surface area contributed by atoms with Gasteiger partial charge in [-0.1, -0.05) is 18.2 Å². The maximum absolute atomic E-state index is 11.5. The first kappa shape index (κ1) is 13.4. The van der Waals surface area contributed by atoms with E-state index in [1.807, 2.05) is 30.3 Å². The predicted octanol–water partition coefficient (Wildman–Crippen LogP) is 2.14. The van der Waals surface area contributed by atoms with E-state index in [1.54, 1.807) is 0 Å². The Hall–Kier alpha value is -2.63. The molecule has 0 aliphatic heterocycles. The topological polar surface area (TPSA) is 92.9 Å². The Morgan fingerprint density at radius 2 is 2.05 bits per heavy atom. The minimum Gasteiger partial charge on any atom is -0.365 e. The van der Waals surface area contributed by atoms with Crippen LogP contribution in [0.3, 0.4) is 0 Å².